The Balaban J connectivity index is 1.51. The molecular formula is C24H26ClNO5. The van der Waals surface area contributed by atoms with Gasteiger partial charge in [0, 0.05) is 30.6 Å². The van der Waals surface area contributed by atoms with Crippen molar-refractivity contribution in [1.82, 2.24) is 4.90 Å². The minimum absolute atomic E-state index is 0.185. The Morgan fingerprint density at radius 1 is 1.23 bits per heavy atom. The van der Waals surface area contributed by atoms with Crippen molar-refractivity contribution in [2.24, 2.45) is 5.41 Å². The molecule has 5 rings (SSSR count). The molecule has 0 radical (unpaired) electrons. The van der Waals surface area contributed by atoms with E-state index in [4.69, 9.17) is 30.5 Å². The SMILES string of the molecule is COc1ccc2c(c1OC(=O)C(C)(C)CCl)CN1CCc3cc4c(cc3C1C2)OCO4. The van der Waals surface area contributed by atoms with Gasteiger partial charge in [-0.25, -0.2) is 0 Å². The van der Waals surface area contributed by atoms with Crippen molar-refractivity contribution in [3.8, 4) is 23.0 Å². The van der Waals surface area contributed by atoms with Crippen molar-refractivity contribution in [2.45, 2.75) is 39.3 Å². The minimum Gasteiger partial charge on any atom is -0.493 e. The van der Waals surface area contributed by atoms with Gasteiger partial charge in [-0.15, -0.1) is 11.6 Å². The van der Waals surface area contributed by atoms with E-state index in [2.05, 4.69) is 23.1 Å². The van der Waals surface area contributed by atoms with Gasteiger partial charge in [0.15, 0.2) is 23.0 Å². The van der Waals surface area contributed by atoms with Gasteiger partial charge < -0.3 is 18.9 Å². The van der Waals surface area contributed by atoms with Gasteiger partial charge in [-0.05, 0) is 61.6 Å². The first-order chi connectivity index (χ1) is 14.9. The number of hydrogen-bond acceptors (Lipinski definition) is 6. The van der Waals surface area contributed by atoms with E-state index in [1.54, 1.807) is 21.0 Å². The first-order valence-electron chi connectivity index (χ1n) is 10.5. The lowest BCUT2D eigenvalue weighted by Crippen LogP contribution is -2.40. The Morgan fingerprint density at radius 2 is 2.00 bits per heavy atom. The Kier molecular flexibility index (Phi) is 5.02. The molecule has 0 saturated carbocycles. The monoisotopic (exact) mass is 443 g/mol. The van der Waals surface area contributed by atoms with E-state index in [0.717, 1.165) is 36.4 Å². The van der Waals surface area contributed by atoms with E-state index in [0.29, 0.717) is 18.0 Å². The molecule has 0 aliphatic carbocycles. The number of halogens is 1. The lowest BCUT2D eigenvalue weighted by atomic mass is 9.83. The van der Waals surface area contributed by atoms with Crippen molar-refractivity contribution in [3.05, 3.63) is 46.5 Å². The van der Waals surface area contributed by atoms with Crippen molar-refractivity contribution in [2.75, 3.05) is 26.3 Å². The third kappa shape index (κ3) is 3.42. The summed E-state index contributed by atoms with van der Waals surface area (Å²) in [4.78, 5) is 15.2. The zero-order valence-electron chi connectivity index (χ0n) is 18.0. The largest absolute Gasteiger partial charge is 0.493 e. The maximum absolute atomic E-state index is 12.8. The Morgan fingerprint density at radius 3 is 2.74 bits per heavy atom. The molecule has 0 saturated heterocycles. The molecule has 1 atom stereocenters. The summed E-state index contributed by atoms with van der Waals surface area (Å²) in [6.45, 7) is 5.46. The van der Waals surface area contributed by atoms with Gasteiger partial charge in [0.2, 0.25) is 6.79 Å². The molecule has 3 heterocycles. The van der Waals surface area contributed by atoms with Gasteiger partial charge in [0.1, 0.15) is 0 Å². The Hall–Kier alpha value is -2.44. The molecule has 2 aromatic rings. The number of ether oxygens (including phenoxy) is 4. The number of carbonyl (C=O) groups is 1. The normalized spacial score (nSPS) is 19.3. The summed E-state index contributed by atoms with van der Waals surface area (Å²) in [7, 11) is 1.59. The number of methoxy groups -OCH3 is 1. The van der Waals surface area contributed by atoms with Gasteiger partial charge in [-0.1, -0.05) is 6.07 Å². The van der Waals surface area contributed by atoms with Crippen LogP contribution in [-0.4, -0.2) is 37.2 Å². The summed E-state index contributed by atoms with van der Waals surface area (Å²) >= 11 is 5.99. The van der Waals surface area contributed by atoms with Gasteiger partial charge in [-0.3, -0.25) is 9.69 Å². The fourth-order valence-electron chi connectivity index (χ4n) is 4.55. The summed E-state index contributed by atoms with van der Waals surface area (Å²) in [5.41, 5.74) is 4.01. The van der Waals surface area contributed by atoms with E-state index in [1.807, 2.05) is 6.07 Å². The molecule has 0 amide bonds. The number of fused-ring (bicyclic) bond motifs is 5. The van der Waals surface area contributed by atoms with Gasteiger partial charge in [-0.2, -0.15) is 0 Å². The lowest BCUT2D eigenvalue weighted by Gasteiger charge is -2.42. The van der Waals surface area contributed by atoms with E-state index in [1.165, 1.54) is 16.7 Å². The average molecular weight is 444 g/mol. The molecule has 0 spiro atoms. The smallest absolute Gasteiger partial charge is 0.318 e. The highest BCUT2D eigenvalue weighted by molar-refractivity contribution is 6.19. The van der Waals surface area contributed by atoms with Crippen LogP contribution in [0.1, 0.15) is 42.1 Å². The second-order valence-corrected chi connectivity index (χ2v) is 9.25. The zero-order chi connectivity index (χ0) is 21.8. The van der Waals surface area contributed by atoms with Crippen LogP contribution in [0.4, 0.5) is 0 Å². The van der Waals surface area contributed by atoms with Gasteiger partial charge >= 0.3 is 5.97 Å². The molecule has 0 bridgehead atoms. The van der Waals surface area contributed by atoms with Crippen LogP contribution in [0.5, 0.6) is 23.0 Å². The third-order valence-corrected chi connectivity index (χ3v) is 7.17. The van der Waals surface area contributed by atoms with Crippen LogP contribution >= 0.6 is 11.6 Å². The van der Waals surface area contributed by atoms with Crippen LogP contribution in [0.2, 0.25) is 0 Å². The van der Waals surface area contributed by atoms with Crippen LogP contribution in [0.25, 0.3) is 0 Å². The Bertz CT molecular complexity index is 1050. The number of benzene rings is 2. The van der Waals surface area contributed by atoms with Crippen LogP contribution in [0.3, 0.4) is 0 Å². The highest BCUT2D eigenvalue weighted by Gasteiger charge is 2.37. The molecule has 0 aromatic heterocycles. The number of nitrogens with zero attached hydrogens (tertiary/aromatic N) is 1. The second-order valence-electron chi connectivity index (χ2n) is 8.99. The number of esters is 1. The number of hydrogen-bond donors (Lipinski definition) is 0. The van der Waals surface area contributed by atoms with Crippen molar-refractivity contribution in [1.29, 1.82) is 0 Å². The minimum atomic E-state index is -0.779. The molecule has 31 heavy (non-hydrogen) atoms. The molecule has 164 valence electrons. The van der Waals surface area contributed by atoms with E-state index < -0.39 is 5.41 Å². The number of alkyl halides is 1. The Labute approximate surface area is 187 Å². The highest BCUT2D eigenvalue weighted by atomic mass is 35.5. The van der Waals surface area contributed by atoms with Gasteiger partial charge in [0.25, 0.3) is 0 Å². The molecule has 6 nitrogen and oxygen atoms in total. The summed E-state index contributed by atoms with van der Waals surface area (Å²) < 4.78 is 22.6. The number of rotatable bonds is 4. The van der Waals surface area contributed by atoms with Crippen LogP contribution in [0.15, 0.2) is 24.3 Å². The quantitative estimate of drug-likeness (QED) is 0.400. The van der Waals surface area contributed by atoms with Crippen LogP contribution < -0.4 is 18.9 Å². The standard InChI is InChI=1S/C24H26ClNO5/c1-24(2,12-25)23(27)31-22-17-11-26-7-6-15-9-20-21(30-13-29-20)10-16(15)18(26)8-14(17)4-5-19(22)28-3/h4-5,9-10,18H,6-8,11-13H2,1-3H3. The summed E-state index contributed by atoms with van der Waals surface area (Å²) in [5.74, 6) is 2.57. The first-order valence-corrected chi connectivity index (χ1v) is 11.1. The highest BCUT2D eigenvalue weighted by Crippen LogP contribution is 2.47. The molecular weight excluding hydrogens is 418 g/mol. The summed E-state index contributed by atoms with van der Waals surface area (Å²) in [6, 6.07) is 8.47. The maximum Gasteiger partial charge on any atom is 0.318 e. The third-order valence-electron chi connectivity index (χ3n) is 6.50. The molecule has 1 unspecified atom stereocenters. The molecule has 7 heteroatoms. The maximum atomic E-state index is 12.8. The van der Waals surface area contributed by atoms with Crippen LogP contribution in [-0.2, 0) is 24.2 Å². The summed E-state index contributed by atoms with van der Waals surface area (Å²) in [6.07, 6.45) is 1.77. The summed E-state index contributed by atoms with van der Waals surface area (Å²) in [5, 5.41) is 0. The molecule has 2 aromatic carbocycles. The molecule has 0 fully saturated rings. The predicted molar refractivity (Wildman–Crippen MR) is 116 cm³/mol. The van der Waals surface area contributed by atoms with Gasteiger partial charge in [0.05, 0.1) is 12.5 Å². The van der Waals surface area contributed by atoms with E-state index >= 15 is 0 Å². The second kappa shape index (κ2) is 7.61. The van der Waals surface area contributed by atoms with E-state index in [9.17, 15) is 4.79 Å². The van der Waals surface area contributed by atoms with Crippen molar-refractivity contribution < 1.29 is 23.7 Å². The zero-order valence-corrected chi connectivity index (χ0v) is 18.8. The molecule has 3 aliphatic heterocycles. The number of carbonyl (C=O) groups excluding carboxylic acids is 1. The topological polar surface area (TPSA) is 57.2 Å². The fraction of sp³-hybridized carbons (Fsp3) is 0.458. The predicted octanol–water partition coefficient (Wildman–Crippen LogP) is 4.25. The van der Waals surface area contributed by atoms with Crippen LogP contribution in [0, 0.1) is 5.41 Å². The van der Waals surface area contributed by atoms with Crippen molar-refractivity contribution >= 4 is 17.6 Å². The average Bonchev–Trinajstić information content (AvgIpc) is 3.24. The first kappa shape index (κ1) is 20.5. The lowest BCUT2D eigenvalue weighted by molar-refractivity contribution is -0.143. The molecule has 0 N–H and O–H groups in total. The fourth-order valence-corrected chi connectivity index (χ4v) is 4.66. The van der Waals surface area contributed by atoms with E-state index in [-0.39, 0.29) is 24.7 Å². The molecule has 3 aliphatic rings. The van der Waals surface area contributed by atoms with Crippen molar-refractivity contribution in [3.63, 3.8) is 0 Å².